The van der Waals surface area contributed by atoms with E-state index in [9.17, 15) is 0 Å². The van der Waals surface area contributed by atoms with Crippen molar-refractivity contribution in [2.24, 2.45) is 11.7 Å². The molecule has 1 aromatic rings. The zero-order valence-corrected chi connectivity index (χ0v) is 11.7. The number of nitrogens with two attached hydrogens (primary N) is 1. The maximum Gasteiger partial charge on any atom is 0.0950 e. The molecule has 1 aromatic carbocycles. The maximum atomic E-state index is 5.79. The minimum Gasteiger partial charge on any atom is -0.379 e. The van der Waals surface area contributed by atoms with E-state index in [-0.39, 0.29) is 6.10 Å². The summed E-state index contributed by atoms with van der Waals surface area (Å²) < 4.78 is 11.3. The number of ether oxygens (including phenoxy) is 2. The van der Waals surface area contributed by atoms with E-state index in [2.05, 4.69) is 32.9 Å². The summed E-state index contributed by atoms with van der Waals surface area (Å²) in [7, 11) is 0. The van der Waals surface area contributed by atoms with E-state index in [1.807, 2.05) is 12.1 Å². The van der Waals surface area contributed by atoms with Crippen molar-refractivity contribution in [1.29, 1.82) is 0 Å². The van der Waals surface area contributed by atoms with Gasteiger partial charge in [-0.05, 0) is 24.0 Å². The number of aryl methyl sites for hydroxylation is 1. The molecule has 0 saturated carbocycles. The molecule has 1 rings (SSSR count). The average Bonchev–Trinajstić information content (AvgIpc) is 2.35. The molecule has 3 heteroatoms. The zero-order valence-electron chi connectivity index (χ0n) is 11.7. The lowest BCUT2D eigenvalue weighted by Crippen LogP contribution is -2.19. The second-order valence-electron chi connectivity index (χ2n) is 4.92. The fraction of sp³-hybridized carbons (Fsp3) is 0.600. The van der Waals surface area contributed by atoms with Crippen molar-refractivity contribution in [3.8, 4) is 0 Å². The number of benzene rings is 1. The molecule has 0 heterocycles. The Balaban J connectivity index is 2.36. The van der Waals surface area contributed by atoms with E-state index < -0.39 is 0 Å². The van der Waals surface area contributed by atoms with E-state index in [4.69, 9.17) is 15.2 Å². The fourth-order valence-electron chi connectivity index (χ4n) is 1.80. The van der Waals surface area contributed by atoms with E-state index in [1.54, 1.807) is 0 Å². The first-order valence-electron chi connectivity index (χ1n) is 6.60. The molecule has 0 aliphatic carbocycles. The van der Waals surface area contributed by atoms with Crippen molar-refractivity contribution in [3.63, 3.8) is 0 Å². The highest BCUT2D eigenvalue weighted by molar-refractivity contribution is 5.27. The van der Waals surface area contributed by atoms with Gasteiger partial charge >= 0.3 is 0 Å². The monoisotopic (exact) mass is 251 g/mol. The van der Waals surface area contributed by atoms with Crippen LogP contribution in [0.25, 0.3) is 0 Å². The molecule has 0 amide bonds. The Labute approximate surface area is 110 Å². The van der Waals surface area contributed by atoms with E-state index in [1.165, 1.54) is 11.1 Å². The molecular formula is C15H25NO2. The molecule has 0 aliphatic heterocycles. The first-order valence-corrected chi connectivity index (χ1v) is 6.60. The highest BCUT2D eigenvalue weighted by Gasteiger charge is 2.11. The quantitative estimate of drug-likeness (QED) is 0.722. The van der Waals surface area contributed by atoms with Crippen LogP contribution in [0.15, 0.2) is 24.3 Å². The molecule has 18 heavy (non-hydrogen) atoms. The summed E-state index contributed by atoms with van der Waals surface area (Å²) in [6.07, 6.45) is -0.0335. The molecule has 0 aromatic heterocycles. The van der Waals surface area contributed by atoms with E-state index >= 15 is 0 Å². The minimum atomic E-state index is -0.0335. The Morgan fingerprint density at radius 2 is 1.89 bits per heavy atom. The Kier molecular flexibility index (Phi) is 6.94. The van der Waals surface area contributed by atoms with Crippen molar-refractivity contribution >= 4 is 0 Å². The summed E-state index contributed by atoms with van der Waals surface area (Å²) >= 11 is 0. The van der Waals surface area contributed by atoms with Gasteiger partial charge in [0.2, 0.25) is 0 Å². The number of hydrogen-bond donors (Lipinski definition) is 1. The van der Waals surface area contributed by atoms with Crippen LogP contribution in [0.3, 0.4) is 0 Å². The standard InChI is InChI=1S/C15H25NO2/c1-12(2)11-17-8-9-18-15(10-16)14-7-5-4-6-13(14)3/h4-7,12,15H,8-11,16H2,1-3H3. The van der Waals surface area contributed by atoms with Gasteiger partial charge < -0.3 is 15.2 Å². The zero-order chi connectivity index (χ0) is 13.4. The lowest BCUT2D eigenvalue weighted by atomic mass is 10.0. The summed E-state index contributed by atoms with van der Waals surface area (Å²) in [5, 5.41) is 0. The van der Waals surface area contributed by atoms with Crippen molar-refractivity contribution in [2.75, 3.05) is 26.4 Å². The molecule has 102 valence electrons. The second-order valence-corrected chi connectivity index (χ2v) is 4.92. The van der Waals surface area contributed by atoms with Gasteiger partial charge in [-0.2, -0.15) is 0 Å². The lowest BCUT2D eigenvalue weighted by Gasteiger charge is -2.18. The summed E-state index contributed by atoms with van der Waals surface area (Å²) in [4.78, 5) is 0. The maximum absolute atomic E-state index is 5.79. The molecule has 0 aliphatic rings. The van der Waals surface area contributed by atoms with Crippen molar-refractivity contribution < 1.29 is 9.47 Å². The van der Waals surface area contributed by atoms with Crippen LogP contribution >= 0.6 is 0 Å². The fourth-order valence-corrected chi connectivity index (χ4v) is 1.80. The Morgan fingerprint density at radius 1 is 1.17 bits per heavy atom. The van der Waals surface area contributed by atoms with Gasteiger partial charge in [0.25, 0.3) is 0 Å². The van der Waals surface area contributed by atoms with Gasteiger partial charge in [-0.3, -0.25) is 0 Å². The highest BCUT2D eigenvalue weighted by atomic mass is 16.5. The van der Waals surface area contributed by atoms with Gasteiger partial charge in [0, 0.05) is 13.2 Å². The van der Waals surface area contributed by atoms with Crippen molar-refractivity contribution in [3.05, 3.63) is 35.4 Å². The molecule has 0 fully saturated rings. The number of hydrogen-bond acceptors (Lipinski definition) is 3. The van der Waals surface area contributed by atoms with Crippen LogP contribution in [0.2, 0.25) is 0 Å². The van der Waals surface area contributed by atoms with Crippen LogP contribution in [0.5, 0.6) is 0 Å². The third-order valence-electron chi connectivity index (χ3n) is 2.75. The molecule has 2 N–H and O–H groups in total. The number of rotatable bonds is 8. The minimum absolute atomic E-state index is 0.0335. The molecule has 0 radical (unpaired) electrons. The third kappa shape index (κ3) is 5.17. The van der Waals surface area contributed by atoms with Crippen molar-refractivity contribution in [2.45, 2.75) is 26.9 Å². The Morgan fingerprint density at radius 3 is 2.50 bits per heavy atom. The first-order chi connectivity index (χ1) is 8.65. The average molecular weight is 251 g/mol. The predicted octanol–water partition coefficient (Wildman–Crippen LogP) is 2.68. The van der Waals surface area contributed by atoms with Crippen LogP contribution in [-0.4, -0.2) is 26.4 Å². The van der Waals surface area contributed by atoms with Crippen LogP contribution in [0.4, 0.5) is 0 Å². The molecule has 0 bridgehead atoms. The van der Waals surface area contributed by atoms with Gasteiger partial charge in [-0.25, -0.2) is 0 Å². The van der Waals surface area contributed by atoms with Crippen LogP contribution in [0, 0.1) is 12.8 Å². The normalized spacial score (nSPS) is 12.9. The summed E-state index contributed by atoms with van der Waals surface area (Å²) in [5.41, 5.74) is 8.16. The molecule has 3 nitrogen and oxygen atoms in total. The first kappa shape index (κ1) is 15.2. The summed E-state index contributed by atoms with van der Waals surface area (Å²) in [6, 6.07) is 8.19. The topological polar surface area (TPSA) is 44.5 Å². The van der Waals surface area contributed by atoms with Gasteiger partial charge in [0.05, 0.1) is 19.3 Å². The summed E-state index contributed by atoms with van der Waals surface area (Å²) in [6.45, 7) is 8.84. The van der Waals surface area contributed by atoms with E-state index in [0.717, 1.165) is 6.61 Å². The molecule has 0 saturated heterocycles. The Bertz CT molecular complexity index is 339. The molecular weight excluding hydrogens is 226 g/mol. The third-order valence-corrected chi connectivity index (χ3v) is 2.75. The molecule has 0 spiro atoms. The predicted molar refractivity (Wildman–Crippen MR) is 74.6 cm³/mol. The summed E-state index contributed by atoms with van der Waals surface area (Å²) in [5.74, 6) is 0.562. The largest absolute Gasteiger partial charge is 0.379 e. The van der Waals surface area contributed by atoms with Gasteiger partial charge in [-0.1, -0.05) is 38.1 Å². The Hall–Kier alpha value is -0.900. The lowest BCUT2D eigenvalue weighted by molar-refractivity contribution is 0.00157. The van der Waals surface area contributed by atoms with Crippen LogP contribution in [-0.2, 0) is 9.47 Å². The smallest absolute Gasteiger partial charge is 0.0950 e. The highest BCUT2D eigenvalue weighted by Crippen LogP contribution is 2.19. The molecule has 1 unspecified atom stereocenters. The second kappa shape index (κ2) is 8.25. The van der Waals surface area contributed by atoms with Crippen LogP contribution < -0.4 is 5.73 Å². The van der Waals surface area contributed by atoms with Gasteiger partial charge in [0.15, 0.2) is 0 Å². The van der Waals surface area contributed by atoms with Gasteiger partial charge in [-0.15, -0.1) is 0 Å². The van der Waals surface area contributed by atoms with Crippen molar-refractivity contribution in [1.82, 2.24) is 0 Å². The van der Waals surface area contributed by atoms with E-state index in [0.29, 0.717) is 25.7 Å². The van der Waals surface area contributed by atoms with Gasteiger partial charge in [0.1, 0.15) is 0 Å². The molecule has 1 atom stereocenters. The SMILES string of the molecule is Cc1ccccc1C(CN)OCCOCC(C)C. The van der Waals surface area contributed by atoms with Crippen LogP contribution in [0.1, 0.15) is 31.1 Å².